The summed E-state index contributed by atoms with van der Waals surface area (Å²) in [5.74, 6) is 0. The SMILES string of the molecule is CNC(Cc1ccncc1)Cc1cc(C)ccc1C. The van der Waals surface area contributed by atoms with Gasteiger partial charge in [-0.2, -0.15) is 0 Å². The van der Waals surface area contributed by atoms with Crippen molar-refractivity contribution < 1.29 is 0 Å². The maximum absolute atomic E-state index is 4.07. The summed E-state index contributed by atoms with van der Waals surface area (Å²) < 4.78 is 0. The highest BCUT2D eigenvalue weighted by molar-refractivity contribution is 5.31. The van der Waals surface area contributed by atoms with Gasteiger partial charge in [-0.1, -0.05) is 23.8 Å². The van der Waals surface area contributed by atoms with Crippen molar-refractivity contribution in [3.63, 3.8) is 0 Å². The van der Waals surface area contributed by atoms with Crippen LogP contribution >= 0.6 is 0 Å². The van der Waals surface area contributed by atoms with Gasteiger partial charge in [0.1, 0.15) is 0 Å². The molecule has 1 aromatic heterocycles. The van der Waals surface area contributed by atoms with Crippen molar-refractivity contribution in [1.82, 2.24) is 10.3 Å². The molecule has 2 aromatic rings. The van der Waals surface area contributed by atoms with E-state index in [0.717, 1.165) is 12.8 Å². The van der Waals surface area contributed by atoms with E-state index in [9.17, 15) is 0 Å². The van der Waals surface area contributed by atoms with Crippen molar-refractivity contribution in [2.24, 2.45) is 0 Å². The van der Waals surface area contributed by atoms with Gasteiger partial charge >= 0.3 is 0 Å². The van der Waals surface area contributed by atoms with Gasteiger partial charge in [0.05, 0.1) is 0 Å². The minimum atomic E-state index is 0.461. The van der Waals surface area contributed by atoms with Crippen molar-refractivity contribution in [1.29, 1.82) is 0 Å². The monoisotopic (exact) mass is 254 g/mol. The lowest BCUT2D eigenvalue weighted by atomic mass is 9.95. The lowest BCUT2D eigenvalue weighted by molar-refractivity contribution is 0.555. The Bertz CT molecular complexity index is 520. The zero-order valence-corrected chi connectivity index (χ0v) is 12.0. The molecule has 100 valence electrons. The molecule has 1 N–H and O–H groups in total. The number of likely N-dealkylation sites (N-methyl/N-ethyl adjacent to an activating group) is 1. The number of nitrogens with zero attached hydrogens (tertiary/aromatic N) is 1. The molecule has 19 heavy (non-hydrogen) atoms. The van der Waals surface area contributed by atoms with E-state index in [1.54, 1.807) is 0 Å². The van der Waals surface area contributed by atoms with E-state index < -0.39 is 0 Å². The van der Waals surface area contributed by atoms with Crippen molar-refractivity contribution in [2.45, 2.75) is 32.7 Å². The second kappa shape index (κ2) is 6.48. The minimum absolute atomic E-state index is 0.461. The fraction of sp³-hybridized carbons (Fsp3) is 0.353. The van der Waals surface area contributed by atoms with E-state index in [0.29, 0.717) is 6.04 Å². The van der Waals surface area contributed by atoms with Gasteiger partial charge in [0.2, 0.25) is 0 Å². The number of hydrogen-bond donors (Lipinski definition) is 1. The fourth-order valence-electron chi connectivity index (χ4n) is 2.37. The first kappa shape index (κ1) is 13.8. The van der Waals surface area contributed by atoms with Crippen LogP contribution in [0.1, 0.15) is 22.3 Å². The van der Waals surface area contributed by atoms with E-state index in [2.05, 4.69) is 54.5 Å². The Morgan fingerprint density at radius 3 is 2.47 bits per heavy atom. The first-order chi connectivity index (χ1) is 9.19. The summed E-state index contributed by atoms with van der Waals surface area (Å²) >= 11 is 0. The molecule has 0 radical (unpaired) electrons. The topological polar surface area (TPSA) is 24.9 Å². The average Bonchev–Trinajstić information content (AvgIpc) is 2.43. The highest BCUT2D eigenvalue weighted by Gasteiger charge is 2.10. The molecule has 0 fully saturated rings. The molecule has 1 atom stereocenters. The minimum Gasteiger partial charge on any atom is -0.316 e. The Kier molecular flexibility index (Phi) is 4.69. The number of aromatic nitrogens is 1. The Balaban J connectivity index is 2.09. The predicted octanol–water partition coefficient (Wildman–Crippen LogP) is 3.07. The van der Waals surface area contributed by atoms with Gasteiger partial charge in [0.15, 0.2) is 0 Å². The quantitative estimate of drug-likeness (QED) is 0.887. The van der Waals surface area contributed by atoms with Gasteiger partial charge < -0.3 is 5.32 Å². The Morgan fingerprint density at radius 1 is 1.05 bits per heavy atom. The van der Waals surface area contributed by atoms with Crippen LogP contribution in [0.25, 0.3) is 0 Å². The molecule has 2 heteroatoms. The summed E-state index contributed by atoms with van der Waals surface area (Å²) in [5, 5.41) is 3.43. The van der Waals surface area contributed by atoms with Crippen LogP contribution in [0, 0.1) is 13.8 Å². The molecule has 0 aliphatic heterocycles. The molecule has 0 saturated heterocycles. The van der Waals surface area contributed by atoms with Gasteiger partial charge in [-0.25, -0.2) is 0 Å². The van der Waals surface area contributed by atoms with Crippen LogP contribution in [-0.2, 0) is 12.8 Å². The summed E-state index contributed by atoms with van der Waals surface area (Å²) in [5.41, 5.74) is 5.48. The average molecular weight is 254 g/mol. The first-order valence-electron chi connectivity index (χ1n) is 6.81. The maximum Gasteiger partial charge on any atom is 0.0270 e. The smallest absolute Gasteiger partial charge is 0.0270 e. The largest absolute Gasteiger partial charge is 0.316 e. The van der Waals surface area contributed by atoms with E-state index in [1.807, 2.05) is 19.4 Å². The molecule has 0 spiro atoms. The van der Waals surface area contributed by atoms with Crippen LogP contribution in [0.5, 0.6) is 0 Å². The highest BCUT2D eigenvalue weighted by atomic mass is 14.9. The summed E-state index contributed by atoms with van der Waals surface area (Å²) in [4.78, 5) is 4.07. The molecule has 0 amide bonds. The molecule has 1 heterocycles. The predicted molar refractivity (Wildman–Crippen MR) is 80.4 cm³/mol. The maximum atomic E-state index is 4.07. The van der Waals surface area contributed by atoms with Crippen LogP contribution < -0.4 is 5.32 Å². The fourth-order valence-corrected chi connectivity index (χ4v) is 2.37. The van der Waals surface area contributed by atoms with Crippen LogP contribution in [0.15, 0.2) is 42.7 Å². The van der Waals surface area contributed by atoms with Gasteiger partial charge in [-0.05, 0) is 62.6 Å². The number of aryl methyl sites for hydroxylation is 2. The van der Waals surface area contributed by atoms with Crippen LogP contribution in [0.2, 0.25) is 0 Å². The van der Waals surface area contributed by atoms with Crippen molar-refractivity contribution in [3.05, 3.63) is 65.0 Å². The molecule has 1 unspecified atom stereocenters. The molecule has 0 saturated carbocycles. The van der Waals surface area contributed by atoms with E-state index in [1.165, 1.54) is 22.3 Å². The zero-order chi connectivity index (χ0) is 13.7. The van der Waals surface area contributed by atoms with E-state index >= 15 is 0 Å². The molecular weight excluding hydrogens is 232 g/mol. The lowest BCUT2D eigenvalue weighted by Gasteiger charge is -2.18. The summed E-state index contributed by atoms with van der Waals surface area (Å²) in [7, 11) is 2.04. The Morgan fingerprint density at radius 2 is 1.79 bits per heavy atom. The van der Waals surface area contributed by atoms with E-state index in [-0.39, 0.29) is 0 Å². The van der Waals surface area contributed by atoms with Crippen LogP contribution in [0.3, 0.4) is 0 Å². The summed E-state index contributed by atoms with van der Waals surface area (Å²) in [6.07, 6.45) is 5.82. The van der Waals surface area contributed by atoms with Crippen LogP contribution in [-0.4, -0.2) is 18.1 Å². The summed E-state index contributed by atoms with van der Waals surface area (Å²) in [6, 6.07) is 11.3. The highest BCUT2D eigenvalue weighted by Crippen LogP contribution is 2.14. The molecule has 1 aromatic carbocycles. The van der Waals surface area contributed by atoms with E-state index in [4.69, 9.17) is 0 Å². The van der Waals surface area contributed by atoms with Gasteiger partial charge in [0, 0.05) is 18.4 Å². The Hall–Kier alpha value is -1.67. The second-order valence-corrected chi connectivity index (χ2v) is 5.18. The molecule has 0 aliphatic carbocycles. The van der Waals surface area contributed by atoms with Crippen LogP contribution in [0.4, 0.5) is 0 Å². The zero-order valence-electron chi connectivity index (χ0n) is 12.0. The van der Waals surface area contributed by atoms with Crippen molar-refractivity contribution >= 4 is 0 Å². The third kappa shape index (κ3) is 3.90. The molecular formula is C17H22N2. The Labute approximate surface area is 115 Å². The first-order valence-corrected chi connectivity index (χ1v) is 6.81. The molecule has 0 aliphatic rings. The third-order valence-corrected chi connectivity index (χ3v) is 3.61. The van der Waals surface area contributed by atoms with Crippen molar-refractivity contribution in [3.8, 4) is 0 Å². The summed E-state index contributed by atoms with van der Waals surface area (Å²) in [6.45, 7) is 4.34. The lowest BCUT2D eigenvalue weighted by Crippen LogP contribution is -2.30. The number of pyridine rings is 1. The second-order valence-electron chi connectivity index (χ2n) is 5.18. The molecule has 2 nitrogen and oxygen atoms in total. The van der Waals surface area contributed by atoms with Gasteiger partial charge in [-0.15, -0.1) is 0 Å². The normalized spacial score (nSPS) is 12.4. The third-order valence-electron chi connectivity index (χ3n) is 3.61. The standard InChI is InChI=1S/C17H22N2/c1-13-4-5-14(2)16(10-13)12-17(18-3)11-15-6-8-19-9-7-15/h4-10,17-18H,11-12H2,1-3H3. The number of rotatable bonds is 5. The van der Waals surface area contributed by atoms with Gasteiger partial charge in [-0.3, -0.25) is 4.98 Å². The molecule has 0 bridgehead atoms. The number of nitrogens with one attached hydrogen (secondary N) is 1. The number of benzene rings is 1. The van der Waals surface area contributed by atoms with Crippen molar-refractivity contribution in [2.75, 3.05) is 7.05 Å². The molecule has 2 rings (SSSR count). The number of hydrogen-bond acceptors (Lipinski definition) is 2. The van der Waals surface area contributed by atoms with Gasteiger partial charge in [0.25, 0.3) is 0 Å².